The number of amides is 1. The molecule has 0 unspecified atom stereocenters. The van der Waals surface area contributed by atoms with Crippen LogP contribution in [0.25, 0.3) is 0 Å². The molecule has 0 bridgehead atoms. The van der Waals surface area contributed by atoms with Crippen molar-refractivity contribution in [2.24, 2.45) is 0 Å². The first kappa shape index (κ1) is 13.8. The highest BCUT2D eigenvalue weighted by atomic mass is 16.1. The van der Waals surface area contributed by atoms with Gasteiger partial charge in [-0.2, -0.15) is 0 Å². The summed E-state index contributed by atoms with van der Waals surface area (Å²) in [6, 6.07) is 12.2. The van der Waals surface area contributed by atoms with Crippen molar-refractivity contribution in [1.82, 2.24) is 10.3 Å². The number of nitrogens with one attached hydrogen (secondary N) is 1. The molecule has 3 heteroatoms. The van der Waals surface area contributed by atoms with Crippen LogP contribution in [0.3, 0.4) is 0 Å². The third-order valence-corrected chi connectivity index (χ3v) is 4.38. The molecule has 0 aliphatic heterocycles. The lowest BCUT2D eigenvalue weighted by Crippen LogP contribution is -2.33. The van der Waals surface area contributed by atoms with E-state index in [0.717, 1.165) is 18.4 Å². The molecule has 1 aliphatic carbocycles. The summed E-state index contributed by atoms with van der Waals surface area (Å²) in [5.41, 5.74) is 4.24. The predicted octanol–water partition coefficient (Wildman–Crippen LogP) is 3.16. The normalized spacial score (nSPS) is 15.5. The number of hydrogen-bond acceptors (Lipinski definition) is 2. The smallest absolute Gasteiger partial charge is 0.270 e. The first-order chi connectivity index (χ1) is 10.1. The van der Waals surface area contributed by atoms with Gasteiger partial charge in [0.25, 0.3) is 5.91 Å². The molecular weight excluding hydrogens is 260 g/mol. The fraction of sp³-hybridized carbons (Fsp3) is 0.333. The highest BCUT2D eigenvalue weighted by Gasteiger charge is 2.45. The van der Waals surface area contributed by atoms with E-state index in [1.54, 1.807) is 6.20 Å². The molecule has 108 valence electrons. The zero-order valence-corrected chi connectivity index (χ0v) is 12.5. The molecule has 0 radical (unpaired) electrons. The van der Waals surface area contributed by atoms with E-state index in [4.69, 9.17) is 0 Å². The molecule has 1 heterocycles. The van der Waals surface area contributed by atoms with Gasteiger partial charge < -0.3 is 5.32 Å². The van der Waals surface area contributed by atoms with Crippen LogP contribution in [-0.4, -0.2) is 17.4 Å². The zero-order chi connectivity index (χ0) is 14.9. The van der Waals surface area contributed by atoms with Crippen LogP contribution in [0.2, 0.25) is 0 Å². The summed E-state index contributed by atoms with van der Waals surface area (Å²) in [4.78, 5) is 16.5. The topological polar surface area (TPSA) is 42.0 Å². The number of rotatable bonds is 4. The van der Waals surface area contributed by atoms with Crippen molar-refractivity contribution < 1.29 is 4.79 Å². The molecule has 3 rings (SSSR count). The van der Waals surface area contributed by atoms with Crippen LogP contribution in [0.15, 0.2) is 42.6 Å². The van der Waals surface area contributed by atoms with Crippen LogP contribution in [0, 0.1) is 13.8 Å². The number of benzene rings is 1. The van der Waals surface area contributed by atoms with Crippen molar-refractivity contribution in [3.63, 3.8) is 0 Å². The second-order valence-electron chi connectivity index (χ2n) is 5.95. The lowest BCUT2D eigenvalue weighted by molar-refractivity contribution is 0.0944. The molecule has 3 nitrogen and oxygen atoms in total. The van der Waals surface area contributed by atoms with E-state index in [9.17, 15) is 4.79 Å². The average molecular weight is 280 g/mol. The standard InChI is InChI=1S/C18H20N2O/c1-13-6-3-4-8-15(13)18(9-10-18)12-20-17(21)16-14(2)7-5-11-19-16/h3-8,11H,9-10,12H2,1-2H3,(H,20,21). The van der Waals surface area contributed by atoms with Gasteiger partial charge in [-0.25, -0.2) is 0 Å². The van der Waals surface area contributed by atoms with Crippen molar-refractivity contribution >= 4 is 5.91 Å². The molecule has 1 aromatic carbocycles. The first-order valence-corrected chi connectivity index (χ1v) is 7.38. The minimum Gasteiger partial charge on any atom is -0.350 e. The van der Waals surface area contributed by atoms with Gasteiger partial charge in [-0.05, 0) is 49.4 Å². The summed E-state index contributed by atoms with van der Waals surface area (Å²) in [6.07, 6.45) is 3.94. The average Bonchev–Trinajstić information content (AvgIpc) is 3.27. The SMILES string of the molecule is Cc1ccccc1C1(CNC(=O)c2ncccc2C)CC1. The van der Waals surface area contributed by atoms with E-state index in [-0.39, 0.29) is 11.3 Å². The lowest BCUT2D eigenvalue weighted by atomic mass is 9.92. The monoisotopic (exact) mass is 280 g/mol. The number of nitrogens with zero attached hydrogens (tertiary/aromatic N) is 1. The van der Waals surface area contributed by atoms with Crippen LogP contribution in [-0.2, 0) is 5.41 Å². The van der Waals surface area contributed by atoms with Crippen LogP contribution in [0.4, 0.5) is 0 Å². The molecule has 1 aromatic heterocycles. The molecule has 1 N–H and O–H groups in total. The minimum absolute atomic E-state index is 0.0760. The quantitative estimate of drug-likeness (QED) is 0.934. The number of carbonyl (C=O) groups is 1. The Balaban J connectivity index is 1.72. The zero-order valence-electron chi connectivity index (χ0n) is 12.5. The van der Waals surface area contributed by atoms with E-state index in [1.807, 2.05) is 19.1 Å². The second kappa shape index (κ2) is 5.32. The molecule has 0 atom stereocenters. The van der Waals surface area contributed by atoms with E-state index in [2.05, 4.69) is 41.5 Å². The predicted molar refractivity (Wildman–Crippen MR) is 83.4 cm³/mol. The number of aromatic nitrogens is 1. The lowest BCUT2D eigenvalue weighted by Gasteiger charge is -2.19. The van der Waals surface area contributed by atoms with E-state index >= 15 is 0 Å². The van der Waals surface area contributed by atoms with Crippen LogP contribution in [0.1, 0.15) is 40.0 Å². The van der Waals surface area contributed by atoms with Crippen molar-refractivity contribution in [3.05, 3.63) is 65.0 Å². The maximum absolute atomic E-state index is 12.3. The van der Waals surface area contributed by atoms with Crippen molar-refractivity contribution in [3.8, 4) is 0 Å². The Hall–Kier alpha value is -2.16. The Labute approximate surface area is 125 Å². The third-order valence-electron chi connectivity index (χ3n) is 4.38. The maximum Gasteiger partial charge on any atom is 0.270 e. The highest BCUT2D eigenvalue weighted by molar-refractivity contribution is 5.93. The summed E-state index contributed by atoms with van der Waals surface area (Å²) < 4.78 is 0. The molecule has 0 saturated heterocycles. The van der Waals surface area contributed by atoms with E-state index < -0.39 is 0 Å². The second-order valence-corrected chi connectivity index (χ2v) is 5.95. The van der Waals surface area contributed by atoms with Crippen LogP contribution in [0.5, 0.6) is 0 Å². The first-order valence-electron chi connectivity index (χ1n) is 7.38. The summed E-state index contributed by atoms with van der Waals surface area (Å²) in [6.45, 7) is 4.74. The van der Waals surface area contributed by atoms with Gasteiger partial charge in [-0.1, -0.05) is 30.3 Å². The molecule has 1 saturated carbocycles. The Bertz CT molecular complexity index is 674. The summed E-state index contributed by atoms with van der Waals surface area (Å²) in [5.74, 6) is -0.0760. The number of aryl methyl sites for hydroxylation is 2. The fourth-order valence-electron chi connectivity index (χ4n) is 2.92. The van der Waals surface area contributed by atoms with Gasteiger partial charge in [0.05, 0.1) is 0 Å². The van der Waals surface area contributed by atoms with Gasteiger partial charge in [0.1, 0.15) is 5.69 Å². The van der Waals surface area contributed by atoms with Gasteiger partial charge in [0, 0.05) is 18.2 Å². The Morgan fingerprint density at radius 1 is 1.14 bits per heavy atom. The van der Waals surface area contributed by atoms with E-state index in [0.29, 0.717) is 12.2 Å². The summed E-state index contributed by atoms with van der Waals surface area (Å²) >= 11 is 0. The highest BCUT2D eigenvalue weighted by Crippen LogP contribution is 2.48. The maximum atomic E-state index is 12.3. The summed E-state index contributed by atoms with van der Waals surface area (Å²) in [5, 5.41) is 3.07. The molecule has 21 heavy (non-hydrogen) atoms. The van der Waals surface area contributed by atoms with Gasteiger partial charge in [0.15, 0.2) is 0 Å². The van der Waals surface area contributed by atoms with Gasteiger partial charge >= 0.3 is 0 Å². The Morgan fingerprint density at radius 3 is 2.52 bits per heavy atom. The molecular formula is C18H20N2O. The fourth-order valence-corrected chi connectivity index (χ4v) is 2.92. The van der Waals surface area contributed by atoms with Crippen molar-refractivity contribution in [1.29, 1.82) is 0 Å². The Morgan fingerprint density at radius 2 is 1.86 bits per heavy atom. The molecule has 0 spiro atoms. The Kier molecular flexibility index (Phi) is 3.50. The third kappa shape index (κ3) is 2.68. The minimum atomic E-state index is -0.0760. The van der Waals surface area contributed by atoms with Crippen LogP contribution >= 0.6 is 0 Å². The largest absolute Gasteiger partial charge is 0.350 e. The number of carbonyl (C=O) groups excluding carboxylic acids is 1. The van der Waals surface area contributed by atoms with Crippen molar-refractivity contribution in [2.45, 2.75) is 32.1 Å². The number of pyridine rings is 1. The number of hydrogen-bond donors (Lipinski definition) is 1. The van der Waals surface area contributed by atoms with Gasteiger partial charge in [0.2, 0.25) is 0 Å². The van der Waals surface area contributed by atoms with Crippen LogP contribution < -0.4 is 5.32 Å². The molecule has 1 aliphatic rings. The van der Waals surface area contributed by atoms with Crippen molar-refractivity contribution in [2.75, 3.05) is 6.54 Å². The molecule has 1 amide bonds. The molecule has 2 aromatic rings. The van der Waals surface area contributed by atoms with E-state index in [1.165, 1.54) is 11.1 Å². The van der Waals surface area contributed by atoms with Gasteiger partial charge in [-0.3, -0.25) is 9.78 Å². The van der Waals surface area contributed by atoms with Gasteiger partial charge in [-0.15, -0.1) is 0 Å². The molecule has 1 fully saturated rings. The summed E-state index contributed by atoms with van der Waals surface area (Å²) in [7, 11) is 0.